The Bertz CT molecular complexity index is 935. The summed E-state index contributed by atoms with van der Waals surface area (Å²) in [6.07, 6.45) is 5.74. The van der Waals surface area contributed by atoms with E-state index >= 15 is 0 Å². The molecule has 1 N–H and O–H groups in total. The topological polar surface area (TPSA) is 75.0 Å². The number of urea groups is 1. The van der Waals surface area contributed by atoms with E-state index < -0.39 is 17.8 Å². The number of rotatable bonds is 4. The number of para-hydroxylation sites is 1. The van der Waals surface area contributed by atoms with Gasteiger partial charge in [-0.3, -0.25) is 14.5 Å². The Balaban J connectivity index is 1.29. The lowest BCUT2D eigenvalue weighted by Gasteiger charge is -2.30. The number of fused-ring (bicyclic) bond motifs is 1. The summed E-state index contributed by atoms with van der Waals surface area (Å²) in [5.41, 5.74) is 1.03. The number of amides is 4. The maximum atomic E-state index is 12.8. The van der Waals surface area contributed by atoms with E-state index in [9.17, 15) is 14.4 Å². The van der Waals surface area contributed by atoms with Crippen molar-refractivity contribution in [2.24, 2.45) is 0 Å². The molecule has 2 atom stereocenters. The van der Waals surface area contributed by atoms with Crippen molar-refractivity contribution in [3.05, 3.63) is 29.3 Å². The zero-order valence-electron chi connectivity index (χ0n) is 16.3. The molecule has 2 saturated heterocycles. The number of quaternary nitrogens is 1. The van der Waals surface area contributed by atoms with E-state index in [1.165, 1.54) is 19.4 Å². The molecular formula is C21H25N4O3S+. The minimum absolute atomic E-state index is 0.101. The summed E-state index contributed by atoms with van der Waals surface area (Å²) in [6, 6.07) is 7.64. The monoisotopic (exact) mass is 413 g/mol. The van der Waals surface area contributed by atoms with E-state index in [1.54, 1.807) is 11.3 Å². The maximum absolute atomic E-state index is 12.8. The maximum Gasteiger partial charge on any atom is 0.338 e. The Morgan fingerprint density at radius 3 is 2.62 bits per heavy atom. The third-order valence-corrected chi connectivity index (χ3v) is 7.63. The Morgan fingerprint density at radius 1 is 1.03 bits per heavy atom. The summed E-state index contributed by atoms with van der Waals surface area (Å²) >= 11 is 1.73. The van der Waals surface area contributed by atoms with Crippen molar-refractivity contribution in [3.63, 3.8) is 0 Å². The van der Waals surface area contributed by atoms with Crippen LogP contribution >= 0.6 is 11.3 Å². The van der Waals surface area contributed by atoms with E-state index in [0.717, 1.165) is 62.1 Å². The molecule has 1 unspecified atom stereocenters. The van der Waals surface area contributed by atoms with Crippen LogP contribution in [-0.2, 0) is 9.59 Å². The van der Waals surface area contributed by atoms with Gasteiger partial charge in [0.1, 0.15) is 5.01 Å². The van der Waals surface area contributed by atoms with Gasteiger partial charge in [0.15, 0.2) is 6.67 Å². The molecule has 0 spiro atoms. The molecule has 3 fully saturated rings. The number of hydrogen-bond donors (Lipinski definition) is 1. The van der Waals surface area contributed by atoms with Crippen LogP contribution in [0.2, 0.25) is 0 Å². The van der Waals surface area contributed by atoms with Crippen molar-refractivity contribution in [1.82, 2.24) is 14.8 Å². The summed E-state index contributed by atoms with van der Waals surface area (Å²) in [5, 5.41) is 1.13. The molecule has 3 aliphatic rings. The number of nitrogens with zero attached hydrogens (tertiary/aromatic N) is 3. The van der Waals surface area contributed by atoms with Crippen LogP contribution in [0.1, 0.15) is 49.5 Å². The number of piperidine rings is 1. The molecule has 152 valence electrons. The van der Waals surface area contributed by atoms with Gasteiger partial charge in [-0.15, -0.1) is 11.3 Å². The smallest absolute Gasteiger partial charge is 0.317 e. The number of carbonyl (C=O) groups excluding carboxylic acids is 3. The van der Waals surface area contributed by atoms with E-state index in [2.05, 4.69) is 6.07 Å². The highest BCUT2D eigenvalue weighted by molar-refractivity contribution is 7.18. The molecule has 29 heavy (non-hydrogen) atoms. The average Bonchev–Trinajstić information content (AvgIpc) is 3.45. The van der Waals surface area contributed by atoms with E-state index in [0.29, 0.717) is 5.92 Å². The van der Waals surface area contributed by atoms with Gasteiger partial charge in [-0.05, 0) is 37.8 Å². The van der Waals surface area contributed by atoms with Gasteiger partial charge in [0.2, 0.25) is 0 Å². The predicted molar refractivity (Wildman–Crippen MR) is 109 cm³/mol. The molecule has 5 rings (SSSR count). The highest BCUT2D eigenvalue weighted by Crippen LogP contribution is 2.30. The van der Waals surface area contributed by atoms with Crippen molar-refractivity contribution in [1.29, 1.82) is 0 Å². The van der Waals surface area contributed by atoms with Crippen molar-refractivity contribution in [3.8, 4) is 0 Å². The fourth-order valence-corrected chi connectivity index (χ4v) is 6.04. The molecule has 7 nitrogen and oxygen atoms in total. The quantitative estimate of drug-likeness (QED) is 0.612. The van der Waals surface area contributed by atoms with Gasteiger partial charge in [-0.2, -0.15) is 0 Å². The number of aromatic nitrogens is 1. The van der Waals surface area contributed by atoms with Crippen molar-refractivity contribution >= 4 is 39.4 Å². The molecule has 4 amide bonds. The largest absolute Gasteiger partial charge is 0.338 e. The van der Waals surface area contributed by atoms with Gasteiger partial charge in [0.05, 0.1) is 29.2 Å². The second kappa shape index (κ2) is 7.50. The zero-order chi connectivity index (χ0) is 20.0. The zero-order valence-corrected chi connectivity index (χ0v) is 17.1. The summed E-state index contributed by atoms with van der Waals surface area (Å²) < 4.78 is 1.19. The summed E-state index contributed by atoms with van der Waals surface area (Å²) in [6.45, 7) is 2.00. The second-order valence-electron chi connectivity index (χ2n) is 8.35. The first-order valence-electron chi connectivity index (χ1n) is 10.5. The molecule has 0 radical (unpaired) electrons. The fourth-order valence-electron chi connectivity index (χ4n) is 4.94. The van der Waals surface area contributed by atoms with Crippen LogP contribution in [0.5, 0.6) is 0 Å². The van der Waals surface area contributed by atoms with Crippen LogP contribution in [0.15, 0.2) is 24.3 Å². The van der Waals surface area contributed by atoms with Crippen LogP contribution in [0.3, 0.4) is 0 Å². The molecule has 1 aromatic carbocycles. The van der Waals surface area contributed by atoms with Crippen molar-refractivity contribution in [2.75, 3.05) is 19.8 Å². The summed E-state index contributed by atoms with van der Waals surface area (Å²) in [4.78, 5) is 46.2. The van der Waals surface area contributed by atoms with Crippen LogP contribution in [0.4, 0.5) is 4.79 Å². The number of nitrogens with one attached hydrogen (secondary N) is 1. The van der Waals surface area contributed by atoms with Crippen LogP contribution in [0, 0.1) is 0 Å². The lowest BCUT2D eigenvalue weighted by atomic mass is 9.99. The number of imide groups is 2. The Hall–Kier alpha value is -2.32. The van der Waals surface area contributed by atoms with Gasteiger partial charge in [0, 0.05) is 6.04 Å². The number of benzene rings is 1. The minimum atomic E-state index is -0.656. The Kier molecular flexibility index (Phi) is 4.83. The van der Waals surface area contributed by atoms with Gasteiger partial charge in [-0.1, -0.05) is 25.0 Å². The van der Waals surface area contributed by atoms with Crippen molar-refractivity contribution < 1.29 is 19.3 Å². The third-order valence-electron chi connectivity index (χ3n) is 6.43. The van der Waals surface area contributed by atoms with Crippen LogP contribution in [-0.4, -0.2) is 58.4 Å². The van der Waals surface area contributed by atoms with Gasteiger partial charge < -0.3 is 4.90 Å². The van der Waals surface area contributed by atoms with Crippen LogP contribution < -0.4 is 4.90 Å². The number of hydrogen-bond acceptors (Lipinski definition) is 5. The molecule has 0 bridgehead atoms. The molecule has 1 saturated carbocycles. The molecule has 2 aromatic rings. The SMILES string of the molecule is O=C1C(=O)N(C2CCCC2)C(=O)N1C[NH+]1CCC[C@@H](c2nc3ccccc3s2)C1. The molecule has 1 aromatic heterocycles. The predicted octanol–water partition coefficient (Wildman–Crippen LogP) is 1.75. The van der Waals surface area contributed by atoms with E-state index in [4.69, 9.17) is 4.98 Å². The Morgan fingerprint density at radius 2 is 1.83 bits per heavy atom. The molecule has 3 heterocycles. The first-order valence-corrected chi connectivity index (χ1v) is 11.3. The number of carbonyl (C=O) groups is 3. The molecule has 2 aliphatic heterocycles. The van der Waals surface area contributed by atoms with Crippen LogP contribution in [0.25, 0.3) is 10.2 Å². The molecular weight excluding hydrogens is 388 g/mol. The van der Waals surface area contributed by atoms with Gasteiger partial charge >= 0.3 is 17.8 Å². The third kappa shape index (κ3) is 3.34. The minimum Gasteiger partial charge on any atom is -0.317 e. The number of thiazole rings is 1. The van der Waals surface area contributed by atoms with Gasteiger partial charge in [-0.25, -0.2) is 14.7 Å². The van der Waals surface area contributed by atoms with E-state index in [-0.39, 0.29) is 12.7 Å². The first-order chi connectivity index (χ1) is 14.1. The van der Waals surface area contributed by atoms with Gasteiger partial charge in [0.25, 0.3) is 0 Å². The highest BCUT2D eigenvalue weighted by atomic mass is 32.1. The molecule has 1 aliphatic carbocycles. The fraction of sp³-hybridized carbons (Fsp3) is 0.524. The Labute approximate surface area is 173 Å². The number of likely N-dealkylation sites (tertiary alicyclic amines) is 1. The highest BCUT2D eigenvalue weighted by Gasteiger charge is 2.49. The standard InChI is InChI=1S/C21H24N4O3S/c26-19-20(27)25(15-7-1-2-8-15)21(28)24(19)13-23-11-5-6-14(12-23)18-22-16-9-3-4-10-17(16)29-18/h3-4,9-10,14-15H,1-2,5-8,11-13H2/p+1/t14-/m1/s1. The van der Waals surface area contributed by atoms with Crippen molar-refractivity contribution in [2.45, 2.75) is 50.5 Å². The first kappa shape index (κ1) is 18.7. The normalized spacial score (nSPS) is 26.3. The lowest BCUT2D eigenvalue weighted by molar-refractivity contribution is -0.913. The second-order valence-corrected chi connectivity index (χ2v) is 9.41. The summed E-state index contributed by atoms with van der Waals surface area (Å²) in [7, 11) is 0. The molecule has 8 heteroatoms. The lowest BCUT2D eigenvalue weighted by Crippen LogP contribution is -3.15. The average molecular weight is 414 g/mol. The van der Waals surface area contributed by atoms with E-state index in [1.807, 2.05) is 18.2 Å². The summed E-state index contributed by atoms with van der Waals surface area (Å²) in [5.74, 6) is -0.969.